The Balaban J connectivity index is 1.31. The summed E-state index contributed by atoms with van der Waals surface area (Å²) in [6.45, 7) is 3.55. The number of carbonyl (C=O) groups excluding carboxylic acids is 2. The van der Waals surface area contributed by atoms with Crippen LogP contribution in [0.2, 0.25) is 5.02 Å². The van der Waals surface area contributed by atoms with Gasteiger partial charge in [-0.2, -0.15) is 0 Å². The summed E-state index contributed by atoms with van der Waals surface area (Å²) in [6, 6.07) is 8.83. The minimum absolute atomic E-state index is 0.0576. The lowest BCUT2D eigenvalue weighted by Crippen LogP contribution is -2.40. The van der Waals surface area contributed by atoms with Gasteiger partial charge in [0.05, 0.1) is 18.7 Å². The van der Waals surface area contributed by atoms with Crippen molar-refractivity contribution >= 4 is 35.2 Å². The molecular formula is C25H27ClN2O6. The Hall–Kier alpha value is -3.39. The minimum atomic E-state index is -0.160. The highest BCUT2D eigenvalue weighted by Crippen LogP contribution is 2.37. The molecule has 0 unspecified atom stereocenters. The van der Waals surface area contributed by atoms with Crippen molar-refractivity contribution in [2.45, 2.75) is 19.8 Å². The Morgan fingerprint density at radius 3 is 2.68 bits per heavy atom. The van der Waals surface area contributed by atoms with Crippen LogP contribution in [0.3, 0.4) is 0 Å². The number of amides is 2. The van der Waals surface area contributed by atoms with Gasteiger partial charge < -0.3 is 29.2 Å². The number of piperidine rings is 1. The molecule has 1 fully saturated rings. The van der Waals surface area contributed by atoms with Crippen LogP contribution < -0.4 is 24.3 Å². The minimum Gasteiger partial charge on any atom is -0.491 e. The van der Waals surface area contributed by atoms with E-state index >= 15 is 0 Å². The van der Waals surface area contributed by atoms with Crippen molar-refractivity contribution in [2.75, 3.05) is 38.9 Å². The fourth-order valence-corrected chi connectivity index (χ4v) is 4.30. The van der Waals surface area contributed by atoms with Crippen molar-refractivity contribution in [3.63, 3.8) is 0 Å². The number of nitrogens with zero attached hydrogens (tertiary/aromatic N) is 1. The zero-order valence-corrected chi connectivity index (χ0v) is 19.9. The molecule has 2 aromatic carbocycles. The van der Waals surface area contributed by atoms with E-state index in [-0.39, 0.29) is 24.5 Å². The van der Waals surface area contributed by atoms with Crippen LogP contribution in [0, 0.1) is 5.92 Å². The Morgan fingerprint density at radius 2 is 1.94 bits per heavy atom. The molecule has 0 atom stereocenters. The zero-order chi connectivity index (χ0) is 24.1. The summed E-state index contributed by atoms with van der Waals surface area (Å²) in [5.74, 6) is 1.96. The first-order chi connectivity index (χ1) is 16.5. The van der Waals surface area contributed by atoms with Crippen LogP contribution in [-0.4, -0.2) is 50.3 Å². The molecule has 0 aromatic heterocycles. The molecule has 2 aliphatic rings. The molecule has 2 amide bonds. The molecular weight excluding hydrogens is 460 g/mol. The van der Waals surface area contributed by atoms with Crippen LogP contribution in [0.4, 0.5) is 5.69 Å². The van der Waals surface area contributed by atoms with Crippen molar-refractivity contribution in [3.05, 3.63) is 47.0 Å². The van der Waals surface area contributed by atoms with E-state index in [1.165, 1.54) is 13.2 Å². The third kappa shape index (κ3) is 5.39. The van der Waals surface area contributed by atoms with E-state index in [4.69, 9.17) is 30.5 Å². The van der Waals surface area contributed by atoms with Crippen molar-refractivity contribution in [2.24, 2.45) is 5.92 Å². The van der Waals surface area contributed by atoms with E-state index in [9.17, 15) is 9.59 Å². The van der Waals surface area contributed by atoms with E-state index in [1.807, 2.05) is 6.92 Å². The summed E-state index contributed by atoms with van der Waals surface area (Å²) in [5.41, 5.74) is 1.40. The van der Waals surface area contributed by atoms with Gasteiger partial charge in [-0.15, -0.1) is 0 Å². The smallest absolute Gasteiger partial charge is 0.246 e. The first-order valence-electron chi connectivity index (χ1n) is 11.2. The number of nitrogens with one attached hydrogen (secondary N) is 1. The highest BCUT2D eigenvalue weighted by atomic mass is 35.5. The summed E-state index contributed by atoms with van der Waals surface area (Å²) in [6.07, 6.45) is 4.41. The second kappa shape index (κ2) is 10.7. The fraction of sp³-hybridized carbons (Fsp3) is 0.360. The maximum absolute atomic E-state index is 12.7. The van der Waals surface area contributed by atoms with Gasteiger partial charge in [0.25, 0.3) is 0 Å². The normalized spacial score (nSPS) is 15.4. The highest BCUT2D eigenvalue weighted by Gasteiger charge is 2.27. The van der Waals surface area contributed by atoms with Gasteiger partial charge in [-0.3, -0.25) is 9.59 Å². The Bertz CT molecular complexity index is 1100. The van der Waals surface area contributed by atoms with Gasteiger partial charge in [-0.05, 0) is 55.7 Å². The number of benzene rings is 2. The standard InChI is InChI=1S/C25H27ClN2O6/c1-3-32-22-13-16(12-19(26)24(22)31-2)4-7-23(29)28-10-8-17(9-11-28)25(30)27-18-5-6-20-21(14-18)34-15-33-20/h4-7,12-14,17H,3,8-11,15H2,1-2H3,(H,27,30). The van der Waals surface area contributed by atoms with Gasteiger partial charge >= 0.3 is 0 Å². The Morgan fingerprint density at radius 1 is 1.18 bits per heavy atom. The molecule has 2 aliphatic heterocycles. The predicted molar refractivity (Wildman–Crippen MR) is 129 cm³/mol. The lowest BCUT2D eigenvalue weighted by Gasteiger charge is -2.30. The SMILES string of the molecule is CCOc1cc(C=CC(=O)N2CCC(C(=O)Nc3ccc4c(c3)OCO4)CC2)cc(Cl)c1OC. The third-order valence-electron chi connectivity index (χ3n) is 5.77. The maximum Gasteiger partial charge on any atom is 0.246 e. The van der Waals surface area contributed by atoms with Crippen molar-refractivity contribution in [1.82, 2.24) is 4.90 Å². The Labute approximate surface area is 203 Å². The Kier molecular flexibility index (Phi) is 7.47. The molecule has 4 rings (SSSR count). The molecule has 1 saturated heterocycles. The molecule has 34 heavy (non-hydrogen) atoms. The summed E-state index contributed by atoms with van der Waals surface area (Å²) >= 11 is 6.28. The largest absolute Gasteiger partial charge is 0.491 e. The molecule has 2 aromatic rings. The van der Waals surface area contributed by atoms with Gasteiger partial charge in [0, 0.05) is 36.8 Å². The summed E-state index contributed by atoms with van der Waals surface area (Å²) in [5, 5.41) is 3.35. The lowest BCUT2D eigenvalue weighted by molar-refractivity contribution is -0.130. The van der Waals surface area contributed by atoms with Gasteiger partial charge in [0.1, 0.15) is 0 Å². The zero-order valence-electron chi connectivity index (χ0n) is 19.1. The van der Waals surface area contributed by atoms with Crippen LogP contribution in [0.5, 0.6) is 23.0 Å². The van der Waals surface area contributed by atoms with Crippen molar-refractivity contribution < 1.29 is 28.5 Å². The van der Waals surface area contributed by atoms with Crippen LogP contribution in [0.1, 0.15) is 25.3 Å². The first kappa shape index (κ1) is 23.8. The first-order valence-corrected chi connectivity index (χ1v) is 11.5. The highest BCUT2D eigenvalue weighted by molar-refractivity contribution is 6.32. The monoisotopic (exact) mass is 486 g/mol. The van der Waals surface area contributed by atoms with Gasteiger partial charge in [-0.25, -0.2) is 0 Å². The molecule has 8 nitrogen and oxygen atoms in total. The molecule has 0 spiro atoms. The van der Waals surface area contributed by atoms with Crippen molar-refractivity contribution in [3.8, 4) is 23.0 Å². The third-order valence-corrected chi connectivity index (χ3v) is 6.05. The quantitative estimate of drug-likeness (QED) is 0.585. The fourth-order valence-electron chi connectivity index (χ4n) is 4.00. The molecule has 0 aliphatic carbocycles. The topological polar surface area (TPSA) is 86.3 Å². The molecule has 0 saturated carbocycles. The molecule has 9 heteroatoms. The average Bonchev–Trinajstić information content (AvgIpc) is 3.31. The average molecular weight is 487 g/mol. The number of anilines is 1. The molecule has 1 N–H and O–H groups in total. The van der Waals surface area contributed by atoms with E-state index in [2.05, 4.69) is 5.32 Å². The second-order valence-electron chi connectivity index (χ2n) is 7.96. The molecule has 2 heterocycles. The van der Waals surface area contributed by atoms with Crippen LogP contribution in [0.25, 0.3) is 6.08 Å². The van der Waals surface area contributed by atoms with Crippen molar-refractivity contribution in [1.29, 1.82) is 0 Å². The van der Waals surface area contributed by atoms with Crippen LogP contribution >= 0.6 is 11.6 Å². The summed E-state index contributed by atoms with van der Waals surface area (Å²) in [7, 11) is 1.53. The summed E-state index contributed by atoms with van der Waals surface area (Å²) in [4.78, 5) is 27.1. The number of likely N-dealkylation sites (tertiary alicyclic amines) is 1. The predicted octanol–water partition coefficient (Wildman–Crippen LogP) is 4.37. The molecule has 180 valence electrons. The van der Waals surface area contributed by atoms with E-state index in [0.29, 0.717) is 66.2 Å². The molecule has 0 radical (unpaired) electrons. The van der Waals surface area contributed by atoms with Crippen LogP contribution in [-0.2, 0) is 9.59 Å². The number of ether oxygens (including phenoxy) is 4. The number of methoxy groups -OCH3 is 1. The number of fused-ring (bicyclic) bond motifs is 1. The van der Waals surface area contributed by atoms with Gasteiger partial charge in [0.2, 0.25) is 18.6 Å². The number of hydrogen-bond donors (Lipinski definition) is 1. The number of hydrogen-bond acceptors (Lipinski definition) is 6. The number of carbonyl (C=O) groups is 2. The maximum atomic E-state index is 12.7. The second-order valence-corrected chi connectivity index (χ2v) is 8.36. The summed E-state index contributed by atoms with van der Waals surface area (Å²) < 4.78 is 21.5. The number of rotatable bonds is 7. The van der Waals surface area contributed by atoms with E-state index in [1.54, 1.807) is 41.3 Å². The van der Waals surface area contributed by atoms with Crippen LogP contribution in [0.15, 0.2) is 36.4 Å². The molecule has 0 bridgehead atoms. The number of halogens is 1. The van der Waals surface area contributed by atoms with E-state index < -0.39 is 0 Å². The van der Waals surface area contributed by atoms with Gasteiger partial charge in [-0.1, -0.05) is 11.6 Å². The lowest BCUT2D eigenvalue weighted by atomic mass is 9.95. The van der Waals surface area contributed by atoms with Gasteiger partial charge in [0.15, 0.2) is 23.0 Å². The van der Waals surface area contributed by atoms with E-state index in [0.717, 1.165) is 5.56 Å².